The molecule has 0 aliphatic rings. The molecular weight excluding hydrogens is 342 g/mol. The molecule has 0 unspecified atom stereocenters. The van der Waals surface area contributed by atoms with Crippen molar-refractivity contribution in [2.75, 3.05) is 0 Å². The van der Waals surface area contributed by atoms with Crippen LogP contribution in [0.2, 0.25) is 0 Å². The molecule has 0 N–H and O–H groups in total. The first-order valence-electron chi connectivity index (χ1n) is 8.19. The molecule has 0 amide bonds. The number of hydrogen-bond donors (Lipinski definition) is 0. The highest BCUT2D eigenvalue weighted by Gasteiger charge is 2.12. The Morgan fingerprint density at radius 1 is 0.769 bits per heavy atom. The molecule has 3 aromatic heterocycles. The summed E-state index contributed by atoms with van der Waals surface area (Å²) in [6.07, 6.45) is 3.33. The molecule has 0 atom stereocenters. The summed E-state index contributed by atoms with van der Waals surface area (Å²) in [6, 6.07) is 22.1. The van der Waals surface area contributed by atoms with E-state index in [1.165, 1.54) is 5.56 Å². The van der Waals surface area contributed by atoms with Crippen LogP contribution in [0.5, 0.6) is 11.6 Å². The van der Waals surface area contributed by atoms with Gasteiger partial charge >= 0.3 is 0 Å². The van der Waals surface area contributed by atoms with E-state index in [1.807, 2.05) is 48.5 Å². The SMILES string of the molecule is c1ccc(-c2cc3ncnc(Oc4ccc5ncccc5c4)c3s2)cc1. The Bertz CT molecular complexity index is 1220. The third-order valence-electron chi connectivity index (χ3n) is 4.13. The van der Waals surface area contributed by atoms with Crippen LogP contribution in [0.15, 0.2) is 79.3 Å². The number of aromatic nitrogens is 3. The van der Waals surface area contributed by atoms with Crippen molar-refractivity contribution in [3.8, 4) is 22.1 Å². The van der Waals surface area contributed by atoms with Crippen LogP contribution in [0, 0.1) is 0 Å². The van der Waals surface area contributed by atoms with Crippen LogP contribution in [0.25, 0.3) is 31.6 Å². The Hall–Kier alpha value is -3.31. The summed E-state index contributed by atoms with van der Waals surface area (Å²) in [5, 5.41) is 1.03. The first-order valence-corrected chi connectivity index (χ1v) is 9.01. The van der Waals surface area contributed by atoms with Crippen molar-refractivity contribution in [1.29, 1.82) is 0 Å². The number of nitrogens with zero attached hydrogens (tertiary/aromatic N) is 3. The summed E-state index contributed by atoms with van der Waals surface area (Å²) in [6.45, 7) is 0. The van der Waals surface area contributed by atoms with Crippen LogP contribution >= 0.6 is 11.3 Å². The smallest absolute Gasteiger partial charge is 0.240 e. The van der Waals surface area contributed by atoms with Crippen molar-refractivity contribution in [1.82, 2.24) is 15.0 Å². The third kappa shape index (κ3) is 2.68. The van der Waals surface area contributed by atoms with Gasteiger partial charge in [-0.3, -0.25) is 4.98 Å². The van der Waals surface area contributed by atoms with E-state index in [4.69, 9.17) is 4.74 Å². The van der Waals surface area contributed by atoms with E-state index in [9.17, 15) is 0 Å². The second-order valence-corrected chi connectivity index (χ2v) is 6.88. The topological polar surface area (TPSA) is 47.9 Å². The number of pyridine rings is 1. The number of ether oxygens (including phenoxy) is 1. The largest absolute Gasteiger partial charge is 0.437 e. The average molecular weight is 355 g/mol. The zero-order valence-corrected chi connectivity index (χ0v) is 14.5. The lowest BCUT2D eigenvalue weighted by Crippen LogP contribution is -1.89. The molecule has 26 heavy (non-hydrogen) atoms. The van der Waals surface area contributed by atoms with Gasteiger partial charge in [-0.05, 0) is 35.9 Å². The fraction of sp³-hybridized carbons (Fsp3) is 0. The predicted octanol–water partition coefficient (Wildman–Crippen LogP) is 5.70. The number of rotatable bonds is 3. The molecule has 0 saturated carbocycles. The third-order valence-corrected chi connectivity index (χ3v) is 5.29. The molecule has 124 valence electrons. The molecule has 0 radical (unpaired) electrons. The average Bonchev–Trinajstić information content (AvgIpc) is 3.14. The minimum Gasteiger partial charge on any atom is -0.437 e. The number of hydrogen-bond acceptors (Lipinski definition) is 5. The molecule has 2 aromatic carbocycles. The second kappa shape index (κ2) is 6.20. The first kappa shape index (κ1) is 15.0. The Morgan fingerprint density at radius 2 is 1.69 bits per heavy atom. The fourth-order valence-corrected chi connectivity index (χ4v) is 3.92. The Balaban J connectivity index is 1.56. The summed E-state index contributed by atoms with van der Waals surface area (Å²) >= 11 is 1.64. The minimum absolute atomic E-state index is 0.574. The summed E-state index contributed by atoms with van der Waals surface area (Å²) in [7, 11) is 0. The molecular formula is C21H13N3OS. The maximum atomic E-state index is 6.08. The predicted molar refractivity (Wildman–Crippen MR) is 105 cm³/mol. The molecule has 0 fully saturated rings. The lowest BCUT2D eigenvalue weighted by molar-refractivity contribution is 0.470. The quantitative estimate of drug-likeness (QED) is 0.416. The standard InChI is InChI=1S/C21H13N3OS/c1-2-5-14(6-3-1)19-12-18-20(26-19)21(24-13-23-18)25-16-8-9-17-15(11-16)7-4-10-22-17/h1-13H. The number of fused-ring (bicyclic) bond motifs is 2. The van der Waals surface area contributed by atoms with Crippen LogP contribution in [0.4, 0.5) is 0 Å². The van der Waals surface area contributed by atoms with Crippen LogP contribution in [0.3, 0.4) is 0 Å². The van der Waals surface area contributed by atoms with E-state index in [0.29, 0.717) is 5.88 Å². The maximum absolute atomic E-state index is 6.08. The highest BCUT2D eigenvalue weighted by atomic mass is 32.1. The van der Waals surface area contributed by atoms with E-state index in [-0.39, 0.29) is 0 Å². The van der Waals surface area contributed by atoms with Crippen molar-refractivity contribution >= 4 is 32.5 Å². The van der Waals surface area contributed by atoms with Gasteiger partial charge in [-0.25, -0.2) is 9.97 Å². The monoisotopic (exact) mass is 355 g/mol. The molecule has 5 heteroatoms. The van der Waals surface area contributed by atoms with Gasteiger partial charge in [0, 0.05) is 16.5 Å². The van der Waals surface area contributed by atoms with Gasteiger partial charge in [0.25, 0.3) is 0 Å². The van der Waals surface area contributed by atoms with E-state index >= 15 is 0 Å². The van der Waals surface area contributed by atoms with E-state index < -0.39 is 0 Å². The van der Waals surface area contributed by atoms with Gasteiger partial charge in [-0.1, -0.05) is 36.4 Å². The first-order chi connectivity index (χ1) is 12.9. The van der Waals surface area contributed by atoms with Crippen LogP contribution < -0.4 is 4.74 Å². The van der Waals surface area contributed by atoms with Crippen LogP contribution in [0.1, 0.15) is 0 Å². The molecule has 0 spiro atoms. The van der Waals surface area contributed by atoms with E-state index in [1.54, 1.807) is 23.9 Å². The van der Waals surface area contributed by atoms with Gasteiger partial charge in [0.2, 0.25) is 5.88 Å². The molecule has 0 aliphatic carbocycles. The second-order valence-electron chi connectivity index (χ2n) is 5.83. The van der Waals surface area contributed by atoms with Gasteiger partial charge < -0.3 is 4.74 Å². The van der Waals surface area contributed by atoms with Gasteiger partial charge in [0.15, 0.2) is 0 Å². The Morgan fingerprint density at radius 3 is 2.62 bits per heavy atom. The number of benzene rings is 2. The van der Waals surface area contributed by atoms with Gasteiger partial charge in [0.1, 0.15) is 16.8 Å². The normalized spacial score (nSPS) is 11.1. The number of thiophene rings is 1. The van der Waals surface area contributed by atoms with Crippen molar-refractivity contribution in [2.24, 2.45) is 0 Å². The zero-order chi connectivity index (χ0) is 17.3. The van der Waals surface area contributed by atoms with Crippen molar-refractivity contribution in [3.05, 3.63) is 79.3 Å². The highest BCUT2D eigenvalue weighted by molar-refractivity contribution is 7.22. The maximum Gasteiger partial charge on any atom is 0.240 e. The minimum atomic E-state index is 0.574. The van der Waals surface area contributed by atoms with E-state index in [0.717, 1.165) is 31.7 Å². The summed E-state index contributed by atoms with van der Waals surface area (Å²) in [4.78, 5) is 14.2. The molecule has 0 aliphatic heterocycles. The lowest BCUT2D eigenvalue weighted by Gasteiger charge is -2.06. The summed E-state index contributed by atoms with van der Waals surface area (Å²) in [5.41, 5.74) is 3.00. The zero-order valence-electron chi connectivity index (χ0n) is 13.7. The molecule has 0 saturated heterocycles. The Kier molecular flexibility index (Phi) is 3.57. The molecule has 0 bridgehead atoms. The van der Waals surface area contributed by atoms with Crippen LogP contribution in [-0.2, 0) is 0 Å². The van der Waals surface area contributed by atoms with Gasteiger partial charge in [0.05, 0.1) is 11.0 Å². The van der Waals surface area contributed by atoms with Gasteiger partial charge in [-0.15, -0.1) is 11.3 Å². The molecule has 3 heterocycles. The fourth-order valence-electron chi connectivity index (χ4n) is 2.88. The van der Waals surface area contributed by atoms with Crippen molar-refractivity contribution in [3.63, 3.8) is 0 Å². The highest BCUT2D eigenvalue weighted by Crippen LogP contribution is 2.38. The lowest BCUT2D eigenvalue weighted by atomic mass is 10.2. The van der Waals surface area contributed by atoms with Crippen LogP contribution in [-0.4, -0.2) is 15.0 Å². The van der Waals surface area contributed by atoms with Crippen molar-refractivity contribution in [2.45, 2.75) is 0 Å². The summed E-state index contributed by atoms with van der Waals surface area (Å²) < 4.78 is 7.02. The molecule has 5 rings (SSSR count). The van der Waals surface area contributed by atoms with Gasteiger partial charge in [-0.2, -0.15) is 0 Å². The van der Waals surface area contributed by atoms with Crippen molar-refractivity contribution < 1.29 is 4.74 Å². The molecule has 4 nitrogen and oxygen atoms in total. The molecule has 5 aromatic rings. The summed E-state index contributed by atoms with van der Waals surface area (Å²) in [5.74, 6) is 1.31. The Labute approximate surface area is 153 Å². The van der Waals surface area contributed by atoms with E-state index in [2.05, 4.69) is 33.2 Å².